The molecule has 5 rings (SSSR count). The van der Waals surface area contributed by atoms with Crippen LogP contribution in [0.1, 0.15) is 33.7 Å². The van der Waals surface area contributed by atoms with Gasteiger partial charge in [-0.1, -0.05) is 0 Å². The van der Waals surface area contributed by atoms with Crippen LogP contribution in [0.4, 0.5) is 0 Å². The van der Waals surface area contributed by atoms with Gasteiger partial charge >= 0.3 is 5.97 Å². The van der Waals surface area contributed by atoms with Crippen LogP contribution in [0.3, 0.4) is 0 Å². The number of aromatic amines is 1. The number of benzene rings is 1. The summed E-state index contributed by atoms with van der Waals surface area (Å²) in [5.41, 5.74) is 1.06. The number of piperidine rings is 3. The molecule has 120 valence electrons. The van der Waals surface area contributed by atoms with E-state index in [4.69, 9.17) is 5.11 Å². The van der Waals surface area contributed by atoms with E-state index >= 15 is 0 Å². The second-order valence-electron chi connectivity index (χ2n) is 6.36. The van der Waals surface area contributed by atoms with Crippen LogP contribution in [0.25, 0.3) is 10.9 Å². The van der Waals surface area contributed by atoms with Crippen molar-refractivity contribution >= 4 is 22.8 Å². The van der Waals surface area contributed by atoms with E-state index in [1.165, 1.54) is 12.1 Å². The molecule has 1 atom stereocenters. The molecule has 1 aromatic heterocycles. The number of amides is 1. The average Bonchev–Trinajstić information content (AvgIpc) is 2.99. The standard InChI is InChI=1S/C16H18N4O3/c21-15(17-13-8-20-5-3-9(13)4-6-20)14-11-2-1-10(16(22)23)7-12(11)18-19-14/h1-2,7,9,13H,3-6,8H2,(H,17,21)(H,18,19)(H,22,23)/t13-/m0/s1. The van der Waals surface area contributed by atoms with E-state index in [2.05, 4.69) is 20.4 Å². The molecule has 3 aliphatic heterocycles. The van der Waals surface area contributed by atoms with Gasteiger partial charge in [0.2, 0.25) is 0 Å². The number of H-pyrrole nitrogens is 1. The first kappa shape index (κ1) is 14.2. The minimum absolute atomic E-state index is 0.172. The summed E-state index contributed by atoms with van der Waals surface area (Å²) >= 11 is 0. The summed E-state index contributed by atoms with van der Waals surface area (Å²) in [6.07, 6.45) is 2.27. The van der Waals surface area contributed by atoms with E-state index in [1.807, 2.05) is 0 Å². The Labute approximate surface area is 132 Å². The molecule has 0 radical (unpaired) electrons. The molecule has 3 aliphatic rings. The molecule has 1 amide bonds. The normalized spacial score (nSPS) is 26.3. The molecule has 23 heavy (non-hydrogen) atoms. The van der Waals surface area contributed by atoms with E-state index in [0.717, 1.165) is 32.5 Å². The summed E-state index contributed by atoms with van der Waals surface area (Å²) in [4.78, 5) is 25.9. The van der Waals surface area contributed by atoms with Gasteiger partial charge in [-0.25, -0.2) is 4.79 Å². The Balaban J connectivity index is 1.56. The minimum atomic E-state index is -1.00. The van der Waals surface area contributed by atoms with Crippen molar-refractivity contribution in [3.63, 3.8) is 0 Å². The largest absolute Gasteiger partial charge is 0.478 e. The molecule has 7 nitrogen and oxygen atoms in total. The summed E-state index contributed by atoms with van der Waals surface area (Å²) < 4.78 is 0. The predicted octanol–water partition coefficient (Wildman–Crippen LogP) is 1.09. The van der Waals surface area contributed by atoms with Gasteiger partial charge in [0.05, 0.1) is 11.1 Å². The summed E-state index contributed by atoms with van der Waals surface area (Å²) in [5, 5.41) is 19.6. The van der Waals surface area contributed by atoms with Crippen molar-refractivity contribution in [3.8, 4) is 0 Å². The Kier molecular flexibility index (Phi) is 3.30. The smallest absolute Gasteiger partial charge is 0.335 e. The first-order valence-corrected chi connectivity index (χ1v) is 7.86. The highest BCUT2D eigenvalue weighted by molar-refractivity contribution is 6.06. The second kappa shape index (κ2) is 5.34. The third-order valence-corrected chi connectivity index (χ3v) is 5.00. The summed E-state index contributed by atoms with van der Waals surface area (Å²) in [6, 6.07) is 4.80. The fourth-order valence-electron chi connectivity index (χ4n) is 3.69. The lowest BCUT2D eigenvalue weighted by Gasteiger charge is -2.44. The van der Waals surface area contributed by atoms with Crippen LogP contribution >= 0.6 is 0 Å². The fraction of sp³-hybridized carbons (Fsp3) is 0.438. The molecule has 4 heterocycles. The van der Waals surface area contributed by atoms with Gasteiger partial charge in [0.25, 0.3) is 5.91 Å². The van der Waals surface area contributed by atoms with Gasteiger partial charge in [-0.3, -0.25) is 9.89 Å². The molecule has 0 unspecified atom stereocenters. The van der Waals surface area contributed by atoms with Gasteiger partial charge in [-0.05, 0) is 50.0 Å². The van der Waals surface area contributed by atoms with E-state index in [9.17, 15) is 9.59 Å². The molecular formula is C16H18N4O3. The summed E-state index contributed by atoms with van der Waals surface area (Å²) in [5.74, 6) is -0.648. The zero-order valence-electron chi connectivity index (χ0n) is 12.6. The summed E-state index contributed by atoms with van der Waals surface area (Å²) in [7, 11) is 0. The van der Waals surface area contributed by atoms with Crippen molar-refractivity contribution in [2.24, 2.45) is 5.92 Å². The molecule has 0 aliphatic carbocycles. The van der Waals surface area contributed by atoms with Gasteiger partial charge in [-0.2, -0.15) is 5.10 Å². The number of carbonyl (C=O) groups excluding carboxylic acids is 1. The Morgan fingerprint density at radius 2 is 2.09 bits per heavy atom. The molecule has 3 N–H and O–H groups in total. The highest BCUT2D eigenvalue weighted by Gasteiger charge is 2.35. The topological polar surface area (TPSA) is 98.3 Å². The molecule has 3 fully saturated rings. The van der Waals surface area contributed by atoms with Gasteiger partial charge in [0.1, 0.15) is 0 Å². The van der Waals surface area contributed by atoms with E-state index < -0.39 is 5.97 Å². The van der Waals surface area contributed by atoms with Crippen LogP contribution in [0.5, 0.6) is 0 Å². The molecular weight excluding hydrogens is 296 g/mol. The Hall–Kier alpha value is -2.41. The number of hydrogen-bond donors (Lipinski definition) is 3. The van der Waals surface area contributed by atoms with Crippen LogP contribution in [0, 0.1) is 5.92 Å². The first-order chi connectivity index (χ1) is 11.1. The number of rotatable bonds is 3. The van der Waals surface area contributed by atoms with Crippen molar-refractivity contribution in [2.45, 2.75) is 18.9 Å². The van der Waals surface area contributed by atoms with Crippen molar-refractivity contribution in [2.75, 3.05) is 19.6 Å². The fourth-order valence-corrected chi connectivity index (χ4v) is 3.69. The average molecular weight is 314 g/mol. The Morgan fingerprint density at radius 3 is 2.74 bits per heavy atom. The van der Waals surface area contributed by atoms with E-state index in [1.54, 1.807) is 6.07 Å². The van der Waals surface area contributed by atoms with Crippen LogP contribution in [0.2, 0.25) is 0 Å². The van der Waals surface area contributed by atoms with E-state index in [0.29, 0.717) is 22.5 Å². The van der Waals surface area contributed by atoms with Crippen LogP contribution in [0.15, 0.2) is 18.2 Å². The number of aromatic carboxylic acids is 1. The van der Waals surface area contributed by atoms with Crippen LogP contribution in [-0.4, -0.2) is 57.8 Å². The lowest BCUT2D eigenvalue weighted by Crippen LogP contribution is -2.57. The highest BCUT2D eigenvalue weighted by Crippen LogP contribution is 2.28. The maximum absolute atomic E-state index is 12.6. The maximum atomic E-state index is 12.6. The summed E-state index contributed by atoms with van der Waals surface area (Å²) in [6.45, 7) is 3.16. The molecule has 7 heteroatoms. The molecule has 3 saturated heterocycles. The van der Waals surface area contributed by atoms with Crippen molar-refractivity contribution in [1.82, 2.24) is 20.4 Å². The molecule has 2 aromatic rings. The number of carboxylic acids is 1. The molecule has 1 aromatic carbocycles. The first-order valence-electron chi connectivity index (χ1n) is 7.86. The third kappa shape index (κ3) is 2.46. The van der Waals surface area contributed by atoms with Gasteiger partial charge < -0.3 is 15.3 Å². The van der Waals surface area contributed by atoms with Crippen molar-refractivity contribution in [3.05, 3.63) is 29.5 Å². The van der Waals surface area contributed by atoms with Crippen molar-refractivity contribution < 1.29 is 14.7 Å². The number of hydrogen-bond acceptors (Lipinski definition) is 4. The number of carbonyl (C=O) groups is 2. The van der Waals surface area contributed by atoms with Crippen LogP contribution < -0.4 is 5.32 Å². The SMILES string of the molecule is O=C(O)c1ccc2c(C(=O)N[C@H]3CN4CCC3CC4)n[nH]c2c1. The van der Waals surface area contributed by atoms with Gasteiger partial charge in [0, 0.05) is 18.0 Å². The Bertz CT molecular complexity index is 777. The minimum Gasteiger partial charge on any atom is -0.478 e. The van der Waals surface area contributed by atoms with Gasteiger partial charge in [0.15, 0.2) is 5.69 Å². The maximum Gasteiger partial charge on any atom is 0.335 e. The number of nitrogens with one attached hydrogen (secondary N) is 2. The number of carboxylic acid groups (broad SMARTS) is 1. The number of aromatic nitrogens is 2. The molecule has 2 bridgehead atoms. The highest BCUT2D eigenvalue weighted by atomic mass is 16.4. The zero-order valence-corrected chi connectivity index (χ0v) is 12.6. The predicted molar refractivity (Wildman–Crippen MR) is 83.5 cm³/mol. The zero-order chi connectivity index (χ0) is 16.0. The Morgan fingerprint density at radius 1 is 1.30 bits per heavy atom. The third-order valence-electron chi connectivity index (χ3n) is 5.00. The number of nitrogens with zero attached hydrogens (tertiary/aromatic N) is 2. The molecule has 0 spiro atoms. The van der Waals surface area contributed by atoms with Crippen LogP contribution in [-0.2, 0) is 0 Å². The monoisotopic (exact) mass is 314 g/mol. The molecule has 0 saturated carbocycles. The van der Waals surface area contributed by atoms with Crippen molar-refractivity contribution in [1.29, 1.82) is 0 Å². The lowest BCUT2D eigenvalue weighted by molar-refractivity contribution is 0.0618. The number of fused-ring (bicyclic) bond motifs is 4. The lowest BCUT2D eigenvalue weighted by atomic mass is 9.84. The van der Waals surface area contributed by atoms with E-state index in [-0.39, 0.29) is 17.5 Å². The quantitative estimate of drug-likeness (QED) is 0.787. The second-order valence-corrected chi connectivity index (χ2v) is 6.36. The van der Waals surface area contributed by atoms with Gasteiger partial charge in [-0.15, -0.1) is 0 Å².